The first-order valence-corrected chi connectivity index (χ1v) is 10.6. The quantitative estimate of drug-likeness (QED) is 0.694. The van der Waals surface area contributed by atoms with E-state index in [0.29, 0.717) is 13.0 Å². The normalized spacial score (nSPS) is 19.1. The van der Waals surface area contributed by atoms with E-state index in [1.165, 1.54) is 30.0 Å². The van der Waals surface area contributed by atoms with Gasteiger partial charge < -0.3 is 14.5 Å². The molecule has 1 atom stereocenters. The van der Waals surface area contributed by atoms with Gasteiger partial charge in [-0.3, -0.25) is 14.4 Å². The molecule has 176 valence electrons. The van der Waals surface area contributed by atoms with Crippen LogP contribution in [0.5, 0.6) is 0 Å². The molecule has 0 radical (unpaired) electrons. The molecule has 11 heteroatoms. The predicted molar refractivity (Wildman–Crippen MR) is 111 cm³/mol. The highest BCUT2D eigenvalue weighted by Crippen LogP contribution is 2.33. The lowest BCUT2D eigenvalue weighted by atomic mass is 10.1. The van der Waals surface area contributed by atoms with E-state index in [4.69, 9.17) is 4.74 Å². The third kappa shape index (κ3) is 4.63. The Balaban J connectivity index is 1.56. The fourth-order valence-electron chi connectivity index (χ4n) is 4.09. The van der Waals surface area contributed by atoms with E-state index in [-0.39, 0.29) is 43.5 Å². The number of aromatic nitrogens is 2. The Morgan fingerprint density at radius 1 is 1.09 bits per heavy atom. The van der Waals surface area contributed by atoms with Crippen molar-refractivity contribution in [2.24, 2.45) is 0 Å². The maximum absolute atomic E-state index is 13.5. The van der Waals surface area contributed by atoms with E-state index in [0.717, 1.165) is 23.2 Å². The van der Waals surface area contributed by atoms with Crippen LogP contribution in [-0.2, 0) is 15.7 Å². The SMILES string of the molecule is Cc1cc(=O)c(C(=O)N2CCN(C(=O)C3CCCO3)CC2)nn1-c1ccccc1C(F)(F)F. The highest BCUT2D eigenvalue weighted by molar-refractivity contribution is 5.92. The van der Waals surface area contributed by atoms with Crippen molar-refractivity contribution >= 4 is 11.8 Å². The van der Waals surface area contributed by atoms with Crippen LogP contribution in [-0.4, -0.2) is 70.3 Å². The van der Waals surface area contributed by atoms with E-state index in [2.05, 4.69) is 5.10 Å². The Kier molecular flexibility index (Phi) is 6.24. The van der Waals surface area contributed by atoms with Crippen LogP contribution in [0.3, 0.4) is 0 Å². The maximum Gasteiger partial charge on any atom is 0.418 e. The molecule has 0 saturated carbocycles. The van der Waals surface area contributed by atoms with Gasteiger partial charge in [-0.1, -0.05) is 12.1 Å². The van der Waals surface area contributed by atoms with Crippen LogP contribution in [0, 0.1) is 6.92 Å². The van der Waals surface area contributed by atoms with E-state index in [1.807, 2.05) is 0 Å². The summed E-state index contributed by atoms with van der Waals surface area (Å²) in [7, 11) is 0. The lowest BCUT2D eigenvalue weighted by Gasteiger charge is -2.35. The van der Waals surface area contributed by atoms with Gasteiger partial charge in [-0.2, -0.15) is 18.3 Å². The van der Waals surface area contributed by atoms with Crippen molar-refractivity contribution in [3.8, 4) is 5.69 Å². The highest BCUT2D eigenvalue weighted by atomic mass is 19.4. The molecule has 0 N–H and O–H groups in total. The van der Waals surface area contributed by atoms with Crippen molar-refractivity contribution < 1.29 is 27.5 Å². The number of rotatable bonds is 3. The number of nitrogens with zero attached hydrogens (tertiary/aromatic N) is 4. The number of aryl methyl sites for hydroxylation is 1. The van der Waals surface area contributed by atoms with Crippen molar-refractivity contribution in [2.45, 2.75) is 32.0 Å². The minimum atomic E-state index is -4.64. The second-order valence-corrected chi connectivity index (χ2v) is 8.04. The molecule has 2 aliphatic heterocycles. The summed E-state index contributed by atoms with van der Waals surface area (Å²) in [5, 5.41) is 4.02. The fourth-order valence-corrected chi connectivity index (χ4v) is 4.09. The van der Waals surface area contributed by atoms with Gasteiger partial charge in [-0.05, 0) is 31.9 Å². The van der Waals surface area contributed by atoms with Crippen molar-refractivity contribution in [1.29, 1.82) is 0 Å². The van der Waals surface area contributed by atoms with E-state index in [1.54, 1.807) is 4.90 Å². The molecule has 1 aromatic carbocycles. The second kappa shape index (κ2) is 8.97. The standard InChI is InChI=1S/C22H23F3N4O4/c1-14-13-17(30)19(26-29(14)16-6-3-2-5-15(16)22(23,24)25)21(32)28-10-8-27(9-11-28)20(31)18-7-4-12-33-18/h2-3,5-6,13,18H,4,7-12H2,1H3. The summed E-state index contributed by atoms with van der Waals surface area (Å²) in [6, 6.07) is 5.94. The number of halogens is 3. The Morgan fingerprint density at radius 3 is 2.39 bits per heavy atom. The molecule has 1 aromatic heterocycles. The minimum Gasteiger partial charge on any atom is -0.368 e. The number of carbonyl (C=O) groups excluding carboxylic acids is 2. The van der Waals surface area contributed by atoms with Gasteiger partial charge in [0.1, 0.15) is 6.10 Å². The summed E-state index contributed by atoms with van der Waals surface area (Å²) in [6.07, 6.45) is -3.59. The summed E-state index contributed by atoms with van der Waals surface area (Å²) in [6.45, 7) is 2.93. The largest absolute Gasteiger partial charge is 0.418 e. The lowest BCUT2D eigenvalue weighted by molar-refractivity contribution is -0.142. The number of hydrogen-bond donors (Lipinski definition) is 0. The number of carbonyl (C=O) groups is 2. The molecule has 0 spiro atoms. The average molecular weight is 464 g/mol. The van der Waals surface area contributed by atoms with Crippen LogP contribution in [0.2, 0.25) is 0 Å². The van der Waals surface area contributed by atoms with Crippen LogP contribution in [0.1, 0.15) is 34.6 Å². The number of para-hydroxylation sites is 1. The van der Waals surface area contributed by atoms with Gasteiger partial charge in [-0.15, -0.1) is 0 Å². The molecule has 2 aliphatic rings. The first-order chi connectivity index (χ1) is 15.7. The van der Waals surface area contributed by atoms with Crippen LogP contribution >= 0.6 is 0 Å². The monoisotopic (exact) mass is 464 g/mol. The van der Waals surface area contributed by atoms with E-state index < -0.39 is 34.9 Å². The Morgan fingerprint density at radius 2 is 1.76 bits per heavy atom. The topological polar surface area (TPSA) is 84.7 Å². The molecule has 3 heterocycles. The highest BCUT2D eigenvalue weighted by Gasteiger charge is 2.35. The van der Waals surface area contributed by atoms with Crippen molar-refractivity contribution in [3.63, 3.8) is 0 Å². The molecule has 4 rings (SSSR count). The van der Waals surface area contributed by atoms with Crippen LogP contribution < -0.4 is 5.43 Å². The van der Waals surface area contributed by atoms with Gasteiger partial charge in [0.25, 0.3) is 11.8 Å². The summed E-state index contributed by atoms with van der Waals surface area (Å²) in [5.41, 5.74) is -2.17. The van der Waals surface area contributed by atoms with Gasteiger partial charge in [0, 0.05) is 44.5 Å². The van der Waals surface area contributed by atoms with Crippen LogP contribution in [0.15, 0.2) is 35.1 Å². The molecule has 2 saturated heterocycles. The zero-order valence-electron chi connectivity index (χ0n) is 18.0. The summed E-state index contributed by atoms with van der Waals surface area (Å²) < 4.78 is 46.9. The fraction of sp³-hybridized carbons (Fsp3) is 0.455. The summed E-state index contributed by atoms with van der Waals surface area (Å²) in [5.74, 6) is -0.790. The van der Waals surface area contributed by atoms with E-state index >= 15 is 0 Å². The van der Waals surface area contributed by atoms with Gasteiger partial charge in [0.15, 0.2) is 5.69 Å². The van der Waals surface area contributed by atoms with E-state index in [9.17, 15) is 27.6 Å². The smallest absolute Gasteiger partial charge is 0.368 e. The van der Waals surface area contributed by atoms with Crippen LogP contribution in [0.25, 0.3) is 5.69 Å². The lowest BCUT2D eigenvalue weighted by Crippen LogP contribution is -2.53. The molecule has 2 aromatic rings. The molecule has 33 heavy (non-hydrogen) atoms. The number of alkyl halides is 3. The Bertz CT molecular complexity index is 1120. The third-order valence-corrected chi connectivity index (χ3v) is 5.83. The molecule has 2 amide bonds. The molecular formula is C22H23F3N4O4. The van der Waals surface area contributed by atoms with Gasteiger partial charge >= 0.3 is 6.18 Å². The average Bonchev–Trinajstić information content (AvgIpc) is 3.33. The molecule has 1 unspecified atom stereocenters. The van der Waals surface area contributed by atoms with Gasteiger partial charge in [-0.25, -0.2) is 4.68 Å². The number of ether oxygens (including phenoxy) is 1. The first kappa shape index (κ1) is 23.0. The zero-order chi connectivity index (χ0) is 23.8. The van der Waals surface area contributed by atoms with Crippen molar-refractivity contribution in [3.05, 3.63) is 57.5 Å². The molecule has 8 nitrogen and oxygen atoms in total. The molecule has 2 fully saturated rings. The van der Waals surface area contributed by atoms with Crippen molar-refractivity contribution in [1.82, 2.24) is 19.6 Å². The summed E-state index contributed by atoms with van der Waals surface area (Å²) in [4.78, 5) is 41.0. The number of hydrogen-bond acceptors (Lipinski definition) is 5. The number of amides is 2. The van der Waals surface area contributed by atoms with Crippen molar-refractivity contribution in [2.75, 3.05) is 32.8 Å². The van der Waals surface area contributed by atoms with Crippen LogP contribution in [0.4, 0.5) is 13.2 Å². The van der Waals surface area contributed by atoms with Gasteiger partial charge in [0.05, 0.1) is 11.3 Å². The number of benzene rings is 1. The Labute approximate surface area is 187 Å². The molecule has 0 aliphatic carbocycles. The molecule has 0 bridgehead atoms. The predicted octanol–water partition coefficient (Wildman–Crippen LogP) is 2.02. The minimum absolute atomic E-state index is 0.112. The maximum atomic E-state index is 13.5. The second-order valence-electron chi connectivity index (χ2n) is 8.04. The number of piperazine rings is 1. The zero-order valence-corrected chi connectivity index (χ0v) is 18.0. The summed E-state index contributed by atoms with van der Waals surface area (Å²) >= 11 is 0. The third-order valence-electron chi connectivity index (χ3n) is 5.83. The molecular weight excluding hydrogens is 441 g/mol. The van der Waals surface area contributed by atoms with Gasteiger partial charge in [0.2, 0.25) is 5.43 Å². The first-order valence-electron chi connectivity index (χ1n) is 10.6. The Hall–Kier alpha value is -3.21.